The summed E-state index contributed by atoms with van der Waals surface area (Å²) in [6, 6.07) is 6.87. The van der Waals surface area contributed by atoms with Crippen molar-refractivity contribution in [3.63, 3.8) is 0 Å². The number of likely N-dealkylation sites (N-methyl/N-ethyl adjacent to an activating group) is 1. The Balaban J connectivity index is 1.85. The molecule has 2 rings (SSSR count). The molecule has 0 N–H and O–H groups in total. The Morgan fingerprint density at radius 2 is 1.92 bits per heavy atom. The summed E-state index contributed by atoms with van der Waals surface area (Å²) >= 11 is 1.62. The summed E-state index contributed by atoms with van der Waals surface area (Å²) < 4.78 is 5.52. The first-order valence-corrected chi connectivity index (χ1v) is 9.23. The molecule has 1 aromatic carbocycles. The zero-order valence-corrected chi connectivity index (χ0v) is 15.9. The topological polar surface area (TPSA) is 59.5 Å². The van der Waals surface area contributed by atoms with E-state index in [0.29, 0.717) is 30.2 Å². The van der Waals surface area contributed by atoms with Crippen molar-refractivity contribution in [2.45, 2.75) is 39.7 Å². The number of hydrogen-bond acceptors (Lipinski definition) is 5. The maximum Gasteiger partial charge on any atom is 0.260 e. The summed E-state index contributed by atoms with van der Waals surface area (Å²) in [5.74, 6) is 0.940. The zero-order valence-electron chi connectivity index (χ0n) is 15.1. The highest BCUT2D eigenvalue weighted by Gasteiger charge is 2.13. The third-order valence-corrected chi connectivity index (χ3v) is 4.94. The molecule has 1 amide bonds. The van der Waals surface area contributed by atoms with Crippen molar-refractivity contribution in [3.05, 3.63) is 45.9 Å². The molecule has 2 aromatic rings. The van der Waals surface area contributed by atoms with Gasteiger partial charge in [-0.25, -0.2) is 4.98 Å². The van der Waals surface area contributed by atoms with Crippen molar-refractivity contribution in [1.29, 1.82) is 0 Å². The SMILES string of the molecule is CCC(=O)c1ccc(OCC(=O)N(C)Cc2csc(C(C)C)n2)cc1. The van der Waals surface area contributed by atoms with Crippen molar-refractivity contribution < 1.29 is 14.3 Å². The van der Waals surface area contributed by atoms with E-state index >= 15 is 0 Å². The molecule has 0 fully saturated rings. The van der Waals surface area contributed by atoms with Crippen LogP contribution in [-0.2, 0) is 11.3 Å². The van der Waals surface area contributed by atoms with Gasteiger partial charge < -0.3 is 9.64 Å². The van der Waals surface area contributed by atoms with Crippen LogP contribution >= 0.6 is 11.3 Å². The van der Waals surface area contributed by atoms with Crippen molar-refractivity contribution in [2.75, 3.05) is 13.7 Å². The third kappa shape index (κ3) is 5.39. The molecule has 25 heavy (non-hydrogen) atoms. The van der Waals surface area contributed by atoms with E-state index in [1.807, 2.05) is 12.3 Å². The molecular weight excluding hydrogens is 336 g/mol. The Bertz CT molecular complexity index is 723. The first-order valence-electron chi connectivity index (χ1n) is 8.35. The third-order valence-electron chi connectivity index (χ3n) is 3.75. The maximum atomic E-state index is 12.2. The fourth-order valence-corrected chi connectivity index (χ4v) is 3.01. The van der Waals surface area contributed by atoms with Gasteiger partial charge in [-0.3, -0.25) is 9.59 Å². The number of amides is 1. The van der Waals surface area contributed by atoms with E-state index in [0.717, 1.165) is 10.7 Å². The molecule has 0 aliphatic heterocycles. The number of ketones is 1. The quantitative estimate of drug-likeness (QED) is 0.670. The van der Waals surface area contributed by atoms with Gasteiger partial charge in [0.2, 0.25) is 0 Å². The molecule has 0 aliphatic carbocycles. The number of nitrogens with zero attached hydrogens (tertiary/aromatic N) is 2. The normalized spacial score (nSPS) is 10.8. The highest BCUT2D eigenvalue weighted by Crippen LogP contribution is 2.20. The van der Waals surface area contributed by atoms with Crippen LogP contribution in [0.1, 0.15) is 54.2 Å². The monoisotopic (exact) mass is 360 g/mol. The zero-order chi connectivity index (χ0) is 18.4. The van der Waals surface area contributed by atoms with Crippen LogP contribution in [0.2, 0.25) is 0 Å². The minimum absolute atomic E-state index is 0.0429. The van der Waals surface area contributed by atoms with Crippen LogP contribution in [-0.4, -0.2) is 35.2 Å². The van der Waals surface area contributed by atoms with E-state index in [4.69, 9.17) is 4.74 Å². The molecule has 6 heteroatoms. The van der Waals surface area contributed by atoms with Gasteiger partial charge in [0.05, 0.1) is 17.2 Å². The number of benzene rings is 1. The van der Waals surface area contributed by atoms with E-state index < -0.39 is 0 Å². The number of Topliss-reactive ketones (excluding diaryl/α,β-unsaturated/α-hetero) is 1. The lowest BCUT2D eigenvalue weighted by molar-refractivity contribution is -0.132. The molecular formula is C19H24N2O3S. The van der Waals surface area contributed by atoms with Crippen molar-refractivity contribution >= 4 is 23.0 Å². The first kappa shape index (κ1) is 19.1. The number of aromatic nitrogens is 1. The van der Waals surface area contributed by atoms with Gasteiger partial charge in [-0.1, -0.05) is 20.8 Å². The predicted molar refractivity (Wildman–Crippen MR) is 99.2 cm³/mol. The molecule has 0 saturated heterocycles. The van der Waals surface area contributed by atoms with Crippen LogP contribution in [0.4, 0.5) is 0 Å². The summed E-state index contributed by atoms with van der Waals surface area (Å²) in [5, 5.41) is 3.07. The van der Waals surface area contributed by atoms with Crippen LogP contribution in [0.3, 0.4) is 0 Å². The summed E-state index contributed by atoms with van der Waals surface area (Å²) in [4.78, 5) is 29.9. The van der Waals surface area contributed by atoms with Gasteiger partial charge in [0.1, 0.15) is 5.75 Å². The lowest BCUT2D eigenvalue weighted by Gasteiger charge is -2.16. The van der Waals surface area contributed by atoms with Gasteiger partial charge in [-0.15, -0.1) is 11.3 Å². The van der Waals surface area contributed by atoms with E-state index in [1.54, 1.807) is 47.5 Å². The number of carbonyl (C=O) groups excluding carboxylic acids is 2. The molecule has 0 aliphatic rings. The Kier molecular flexibility index (Phi) is 6.70. The highest BCUT2D eigenvalue weighted by molar-refractivity contribution is 7.09. The average Bonchev–Trinajstić information content (AvgIpc) is 3.08. The molecule has 0 unspecified atom stereocenters. The largest absolute Gasteiger partial charge is 0.484 e. The molecule has 1 aromatic heterocycles. The summed E-state index contributed by atoms with van der Waals surface area (Å²) in [7, 11) is 1.74. The van der Waals surface area contributed by atoms with Crippen LogP contribution in [0.15, 0.2) is 29.6 Å². The number of hydrogen-bond donors (Lipinski definition) is 0. The minimum atomic E-state index is -0.118. The number of thiazole rings is 1. The highest BCUT2D eigenvalue weighted by atomic mass is 32.1. The molecule has 134 valence electrons. The lowest BCUT2D eigenvalue weighted by atomic mass is 10.1. The molecule has 0 spiro atoms. The second-order valence-corrected chi connectivity index (χ2v) is 7.06. The molecule has 0 atom stereocenters. The van der Waals surface area contributed by atoms with Crippen molar-refractivity contribution in [2.24, 2.45) is 0 Å². The molecule has 0 bridgehead atoms. The van der Waals surface area contributed by atoms with Gasteiger partial charge in [0.25, 0.3) is 5.91 Å². The van der Waals surface area contributed by atoms with Gasteiger partial charge in [0, 0.05) is 30.3 Å². The van der Waals surface area contributed by atoms with Crippen LogP contribution in [0.25, 0.3) is 0 Å². The van der Waals surface area contributed by atoms with E-state index in [1.165, 1.54) is 0 Å². The summed E-state index contributed by atoms with van der Waals surface area (Å²) in [5.41, 5.74) is 1.55. The van der Waals surface area contributed by atoms with Crippen LogP contribution in [0.5, 0.6) is 5.75 Å². The van der Waals surface area contributed by atoms with Gasteiger partial charge in [-0.2, -0.15) is 0 Å². The first-order chi connectivity index (χ1) is 11.9. The fraction of sp³-hybridized carbons (Fsp3) is 0.421. The Morgan fingerprint density at radius 1 is 1.24 bits per heavy atom. The maximum absolute atomic E-state index is 12.2. The van der Waals surface area contributed by atoms with Crippen LogP contribution in [0, 0.1) is 0 Å². The second kappa shape index (κ2) is 8.76. The second-order valence-electron chi connectivity index (χ2n) is 6.17. The average molecular weight is 360 g/mol. The molecule has 1 heterocycles. The van der Waals surface area contributed by atoms with Gasteiger partial charge in [-0.05, 0) is 24.3 Å². The standard InChI is InChI=1S/C19H24N2O3S/c1-5-17(22)14-6-8-16(9-7-14)24-11-18(23)21(4)10-15-12-25-19(20-15)13(2)3/h6-9,12-13H,5,10-11H2,1-4H3. The molecule has 0 saturated carbocycles. The Labute approximate surface area is 152 Å². The van der Waals surface area contributed by atoms with E-state index in [-0.39, 0.29) is 18.3 Å². The number of carbonyl (C=O) groups is 2. The Hall–Kier alpha value is -2.21. The predicted octanol–water partition coefficient (Wildman–Crippen LogP) is 3.90. The Morgan fingerprint density at radius 3 is 2.48 bits per heavy atom. The summed E-state index contributed by atoms with van der Waals surface area (Å²) in [6.45, 7) is 6.46. The van der Waals surface area contributed by atoms with Crippen molar-refractivity contribution in [3.8, 4) is 5.75 Å². The summed E-state index contributed by atoms with van der Waals surface area (Å²) in [6.07, 6.45) is 0.471. The fourth-order valence-electron chi connectivity index (χ4n) is 2.19. The van der Waals surface area contributed by atoms with Gasteiger partial charge in [0.15, 0.2) is 12.4 Å². The van der Waals surface area contributed by atoms with Crippen molar-refractivity contribution in [1.82, 2.24) is 9.88 Å². The number of ether oxygens (including phenoxy) is 1. The van der Waals surface area contributed by atoms with Crippen LogP contribution < -0.4 is 4.74 Å². The van der Waals surface area contributed by atoms with E-state index in [9.17, 15) is 9.59 Å². The lowest BCUT2D eigenvalue weighted by Crippen LogP contribution is -2.31. The van der Waals surface area contributed by atoms with E-state index in [2.05, 4.69) is 18.8 Å². The minimum Gasteiger partial charge on any atom is -0.484 e. The number of rotatable bonds is 8. The molecule has 5 nitrogen and oxygen atoms in total. The van der Waals surface area contributed by atoms with Gasteiger partial charge >= 0.3 is 0 Å². The smallest absolute Gasteiger partial charge is 0.260 e. The molecule has 0 radical (unpaired) electrons.